The number of rotatable bonds is 9. The summed E-state index contributed by atoms with van der Waals surface area (Å²) in [7, 11) is 0. The minimum atomic E-state index is -0.0706. The second-order valence-corrected chi connectivity index (χ2v) is 5.89. The van der Waals surface area contributed by atoms with Gasteiger partial charge in [-0.2, -0.15) is 0 Å². The van der Waals surface area contributed by atoms with Crippen molar-refractivity contribution in [3.05, 3.63) is 0 Å². The fraction of sp³-hybridized carbons (Fsp3) is 1.00. The molecule has 104 valence electrons. The van der Waals surface area contributed by atoms with Crippen molar-refractivity contribution in [2.45, 2.75) is 66.8 Å². The van der Waals surface area contributed by atoms with Crippen LogP contribution in [0.5, 0.6) is 0 Å². The lowest BCUT2D eigenvalue weighted by atomic mass is 9.94. The van der Waals surface area contributed by atoms with Gasteiger partial charge in [-0.25, -0.2) is 0 Å². The second kappa shape index (κ2) is 8.06. The van der Waals surface area contributed by atoms with Gasteiger partial charge in [-0.15, -0.1) is 0 Å². The Morgan fingerprint density at radius 1 is 0.647 bits per heavy atom. The normalized spacial score (nSPS) is 13.1. The summed E-state index contributed by atoms with van der Waals surface area (Å²) in [5.74, 6) is 0. The van der Waals surface area contributed by atoms with Crippen LogP contribution < -0.4 is 0 Å². The molecule has 0 bridgehead atoms. The van der Waals surface area contributed by atoms with Crippen molar-refractivity contribution in [1.29, 1.82) is 0 Å². The lowest BCUT2D eigenvalue weighted by Crippen LogP contribution is -2.37. The molecule has 0 aliphatic rings. The molecular formula is C14H30O3. The van der Waals surface area contributed by atoms with Gasteiger partial charge in [-0.3, -0.25) is 0 Å². The van der Waals surface area contributed by atoms with Crippen molar-refractivity contribution in [3.63, 3.8) is 0 Å². The van der Waals surface area contributed by atoms with Crippen molar-refractivity contribution >= 4 is 0 Å². The van der Waals surface area contributed by atoms with Crippen LogP contribution >= 0.6 is 0 Å². The number of hydrogen-bond acceptors (Lipinski definition) is 3. The lowest BCUT2D eigenvalue weighted by Gasteiger charge is -2.31. The van der Waals surface area contributed by atoms with Gasteiger partial charge in [-0.05, 0) is 41.5 Å². The summed E-state index contributed by atoms with van der Waals surface area (Å²) < 4.78 is 17.1. The quantitative estimate of drug-likeness (QED) is 0.625. The van der Waals surface area contributed by atoms with Crippen molar-refractivity contribution in [2.24, 2.45) is 5.41 Å². The van der Waals surface area contributed by atoms with Crippen molar-refractivity contribution in [2.75, 3.05) is 19.8 Å². The van der Waals surface area contributed by atoms with Crippen molar-refractivity contribution in [3.8, 4) is 0 Å². The molecule has 0 saturated heterocycles. The highest BCUT2D eigenvalue weighted by Crippen LogP contribution is 2.20. The Bertz CT molecular complexity index is 157. The standard InChI is InChI=1S/C14H30O3/c1-11(2)15-8-14(7,9-16-12(3)4)10-17-13(5)6/h11-13H,8-10H2,1-7H3. The largest absolute Gasteiger partial charge is 0.378 e. The summed E-state index contributed by atoms with van der Waals surface area (Å²) >= 11 is 0. The van der Waals surface area contributed by atoms with Crippen LogP contribution in [-0.2, 0) is 14.2 Å². The molecule has 3 heteroatoms. The first-order valence-corrected chi connectivity index (χ1v) is 6.60. The molecule has 0 N–H and O–H groups in total. The molecule has 17 heavy (non-hydrogen) atoms. The Morgan fingerprint density at radius 3 is 1.06 bits per heavy atom. The first-order chi connectivity index (χ1) is 7.75. The van der Waals surface area contributed by atoms with E-state index in [2.05, 4.69) is 6.92 Å². The smallest absolute Gasteiger partial charge is 0.0567 e. The Hall–Kier alpha value is -0.120. The zero-order valence-corrected chi connectivity index (χ0v) is 12.6. The van der Waals surface area contributed by atoms with E-state index in [9.17, 15) is 0 Å². The summed E-state index contributed by atoms with van der Waals surface area (Å²) in [6.45, 7) is 16.5. The molecule has 0 saturated carbocycles. The maximum Gasteiger partial charge on any atom is 0.0567 e. The maximum atomic E-state index is 5.71. The SMILES string of the molecule is CC(C)OCC(C)(COC(C)C)COC(C)C. The molecule has 0 aromatic carbocycles. The van der Waals surface area contributed by atoms with Gasteiger partial charge < -0.3 is 14.2 Å². The lowest BCUT2D eigenvalue weighted by molar-refractivity contribution is -0.0923. The van der Waals surface area contributed by atoms with Crippen LogP contribution in [0.2, 0.25) is 0 Å². The molecule has 0 fully saturated rings. The van der Waals surface area contributed by atoms with E-state index < -0.39 is 0 Å². The van der Waals surface area contributed by atoms with Gasteiger partial charge in [0, 0.05) is 5.41 Å². The number of ether oxygens (including phenoxy) is 3. The third-order valence-corrected chi connectivity index (χ3v) is 2.30. The highest BCUT2D eigenvalue weighted by Gasteiger charge is 2.27. The molecule has 0 radical (unpaired) electrons. The van der Waals surface area contributed by atoms with Gasteiger partial charge in [0.2, 0.25) is 0 Å². The maximum absolute atomic E-state index is 5.71. The zero-order chi connectivity index (χ0) is 13.5. The van der Waals surface area contributed by atoms with E-state index in [1.54, 1.807) is 0 Å². The molecular weight excluding hydrogens is 216 g/mol. The molecule has 0 unspecified atom stereocenters. The predicted molar refractivity (Wildman–Crippen MR) is 71.4 cm³/mol. The topological polar surface area (TPSA) is 27.7 Å². The first kappa shape index (κ1) is 16.9. The molecule has 0 spiro atoms. The molecule has 0 amide bonds. The van der Waals surface area contributed by atoms with Gasteiger partial charge >= 0.3 is 0 Å². The fourth-order valence-electron chi connectivity index (χ4n) is 1.23. The Labute approximate surface area is 107 Å². The molecule has 0 atom stereocenters. The molecule has 0 aromatic heterocycles. The van der Waals surface area contributed by atoms with Gasteiger partial charge in [0.05, 0.1) is 38.1 Å². The summed E-state index contributed by atoms with van der Waals surface area (Å²) in [4.78, 5) is 0. The average Bonchev–Trinajstić information content (AvgIpc) is 2.21. The molecule has 0 aromatic rings. The average molecular weight is 246 g/mol. The minimum Gasteiger partial charge on any atom is -0.378 e. The zero-order valence-electron chi connectivity index (χ0n) is 12.6. The summed E-state index contributed by atoms with van der Waals surface area (Å²) in [6.07, 6.45) is 0.729. The van der Waals surface area contributed by atoms with E-state index in [-0.39, 0.29) is 23.7 Å². The minimum absolute atomic E-state index is 0.0706. The Kier molecular flexibility index (Phi) is 8.01. The van der Waals surface area contributed by atoms with Gasteiger partial charge in [-0.1, -0.05) is 6.92 Å². The molecule has 3 nitrogen and oxygen atoms in total. The Morgan fingerprint density at radius 2 is 0.882 bits per heavy atom. The summed E-state index contributed by atoms with van der Waals surface area (Å²) in [5.41, 5.74) is -0.0706. The number of hydrogen-bond donors (Lipinski definition) is 0. The van der Waals surface area contributed by atoms with E-state index in [1.165, 1.54) is 0 Å². The molecule has 0 heterocycles. The monoisotopic (exact) mass is 246 g/mol. The summed E-state index contributed by atoms with van der Waals surface area (Å²) in [5, 5.41) is 0. The van der Waals surface area contributed by atoms with Gasteiger partial charge in [0.25, 0.3) is 0 Å². The Balaban J connectivity index is 4.23. The molecule has 0 rings (SSSR count). The van der Waals surface area contributed by atoms with Gasteiger partial charge in [0.15, 0.2) is 0 Å². The van der Waals surface area contributed by atoms with E-state index in [4.69, 9.17) is 14.2 Å². The van der Waals surface area contributed by atoms with Crippen LogP contribution in [0.1, 0.15) is 48.5 Å². The summed E-state index contributed by atoms with van der Waals surface area (Å²) in [6, 6.07) is 0. The third kappa shape index (κ3) is 9.57. The van der Waals surface area contributed by atoms with Crippen LogP contribution in [0.15, 0.2) is 0 Å². The second-order valence-electron chi connectivity index (χ2n) is 5.89. The van der Waals surface area contributed by atoms with Crippen molar-refractivity contribution in [1.82, 2.24) is 0 Å². The van der Waals surface area contributed by atoms with E-state index >= 15 is 0 Å². The van der Waals surface area contributed by atoms with E-state index in [1.807, 2.05) is 41.5 Å². The van der Waals surface area contributed by atoms with Crippen LogP contribution in [0.3, 0.4) is 0 Å². The highest BCUT2D eigenvalue weighted by molar-refractivity contribution is 4.74. The van der Waals surface area contributed by atoms with Gasteiger partial charge in [0.1, 0.15) is 0 Å². The van der Waals surface area contributed by atoms with Crippen molar-refractivity contribution < 1.29 is 14.2 Å². The van der Waals surface area contributed by atoms with E-state index in [0.717, 1.165) is 0 Å². The van der Waals surface area contributed by atoms with Crippen LogP contribution in [0, 0.1) is 5.41 Å². The third-order valence-electron chi connectivity index (χ3n) is 2.30. The first-order valence-electron chi connectivity index (χ1n) is 6.60. The van der Waals surface area contributed by atoms with Crippen LogP contribution in [-0.4, -0.2) is 38.1 Å². The molecule has 0 aliphatic heterocycles. The van der Waals surface area contributed by atoms with Crippen LogP contribution in [0.4, 0.5) is 0 Å². The molecule has 0 aliphatic carbocycles. The predicted octanol–water partition coefficient (Wildman–Crippen LogP) is 3.27. The van der Waals surface area contributed by atoms with E-state index in [0.29, 0.717) is 19.8 Å². The fourth-order valence-corrected chi connectivity index (χ4v) is 1.23. The van der Waals surface area contributed by atoms with Crippen LogP contribution in [0.25, 0.3) is 0 Å². The highest BCUT2D eigenvalue weighted by atomic mass is 16.5.